The van der Waals surface area contributed by atoms with Crippen molar-refractivity contribution in [3.63, 3.8) is 0 Å². The number of hydrogen-bond acceptors (Lipinski definition) is 3. The number of hydrogen-bond donors (Lipinski definition) is 2. The first-order chi connectivity index (χ1) is 7.34. The van der Waals surface area contributed by atoms with Crippen molar-refractivity contribution in [3.05, 3.63) is 0 Å². The van der Waals surface area contributed by atoms with Crippen LogP contribution in [0.25, 0.3) is 0 Å². The third kappa shape index (κ3) is 4.18. The second kappa shape index (κ2) is 5.47. The zero-order valence-electron chi connectivity index (χ0n) is 9.30. The van der Waals surface area contributed by atoms with Crippen LogP contribution in [-0.2, 0) is 4.79 Å². The summed E-state index contributed by atoms with van der Waals surface area (Å²) in [5, 5.41) is 6.35. The van der Waals surface area contributed by atoms with Crippen LogP contribution in [0.15, 0.2) is 0 Å². The fourth-order valence-corrected chi connectivity index (χ4v) is 1.90. The van der Waals surface area contributed by atoms with Crippen LogP contribution in [0.4, 0.5) is 0 Å². The van der Waals surface area contributed by atoms with Crippen molar-refractivity contribution in [2.24, 2.45) is 5.92 Å². The molecule has 86 valence electrons. The van der Waals surface area contributed by atoms with Gasteiger partial charge in [-0.15, -0.1) is 0 Å². The Morgan fingerprint density at radius 1 is 1.33 bits per heavy atom. The fraction of sp³-hybridized carbons (Fsp3) is 0.909. The lowest BCUT2D eigenvalue weighted by atomic mass is 10.3. The Bertz CT molecular complexity index is 208. The highest BCUT2D eigenvalue weighted by Crippen LogP contribution is 2.27. The SMILES string of the molecule is O=C(CN1CCCNCC1)NCC1CC1. The van der Waals surface area contributed by atoms with Crippen LogP contribution in [0.1, 0.15) is 19.3 Å². The topological polar surface area (TPSA) is 44.4 Å². The maximum atomic E-state index is 11.6. The molecule has 2 N–H and O–H groups in total. The van der Waals surface area contributed by atoms with Crippen LogP contribution in [0.3, 0.4) is 0 Å². The van der Waals surface area contributed by atoms with Crippen molar-refractivity contribution in [2.45, 2.75) is 19.3 Å². The molecule has 1 heterocycles. The van der Waals surface area contributed by atoms with Crippen molar-refractivity contribution in [1.29, 1.82) is 0 Å². The second-order valence-corrected chi connectivity index (χ2v) is 4.63. The van der Waals surface area contributed by atoms with E-state index in [1.807, 2.05) is 0 Å². The number of carbonyl (C=O) groups is 1. The van der Waals surface area contributed by atoms with Gasteiger partial charge in [-0.1, -0.05) is 0 Å². The first-order valence-electron chi connectivity index (χ1n) is 6.04. The normalized spacial score (nSPS) is 23.5. The predicted octanol–water partition coefficient (Wildman–Crippen LogP) is -0.192. The molecule has 1 aliphatic heterocycles. The van der Waals surface area contributed by atoms with Gasteiger partial charge in [-0.3, -0.25) is 9.69 Å². The van der Waals surface area contributed by atoms with Gasteiger partial charge in [0, 0.05) is 19.6 Å². The molecule has 0 bridgehead atoms. The van der Waals surface area contributed by atoms with Gasteiger partial charge in [-0.25, -0.2) is 0 Å². The highest BCUT2D eigenvalue weighted by molar-refractivity contribution is 5.78. The molecule has 0 aromatic carbocycles. The average Bonchev–Trinajstić information content (AvgIpc) is 3.03. The number of rotatable bonds is 4. The standard InChI is InChI=1S/C11H21N3O/c15-11(13-8-10-2-3-10)9-14-6-1-4-12-5-7-14/h10,12H,1-9H2,(H,13,15). The van der Waals surface area contributed by atoms with Crippen molar-refractivity contribution in [3.8, 4) is 0 Å². The molecule has 2 fully saturated rings. The first kappa shape index (κ1) is 10.9. The fourth-order valence-electron chi connectivity index (χ4n) is 1.90. The van der Waals surface area contributed by atoms with E-state index in [4.69, 9.17) is 0 Å². The van der Waals surface area contributed by atoms with E-state index in [0.717, 1.165) is 45.1 Å². The minimum absolute atomic E-state index is 0.198. The van der Waals surface area contributed by atoms with Crippen molar-refractivity contribution in [2.75, 3.05) is 39.3 Å². The van der Waals surface area contributed by atoms with Crippen LogP contribution >= 0.6 is 0 Å². The Morgan fingerprint density at radius 3 is 3.00 bits per heavy atom. The number of nitrogens with zero attached hydrogens (tertiary/aromatic N) is 1. The molecule has 1 aliphatic carbocycles. The lowest BCUT2D eigenvalue weighted by Crippen LogP contribution is -2.39. The van der Waals surface area contributed by atoms with Crippen LogP contribution < -0.4 is 10.6 Å². The number of amides is 1. The molecule has 1 amide bonds. The molecule has 1 saturated heterocycles. The number of nitrogens with one attached hydrogen (secondary N) is 2. The minimum atomic E-state index is 0.198. The molecule has 2 aliphatic rings. The summed E-state index contributed by atoms with van der Waals surface area (Å²) in [4.78, 5) is 13.8. The molecule has 2 rings (SSSR count). The zero-order chi connectivity index (χ0) is 10.5. The first-order valence-corrected chi connectivity index (χ1v) is 6.04. The van der Waals surface area contributed by atoms with Gasteiger partial charge in [0.1, 0.15) is 0 Å². The summed E-state index contributed by atoms with van der Waals surface area (Å²) in [6.07, 6.45) is 3.75. The van der Waals surface area contributed by atoms with Gasteiger partial charge in [-0.05, 0) is 38.3 Å². The molecule has 0 aromatic heterocycles. The van der Waals surface area contributed by atoms with Crippen LogP contribution in [0.5, 0.6) is 0 Å². The molecule has 0 aromatic rings. The maximum absolute atomic E-state index is 11.6. The lowest BCUT2D eigenvalue weighted by molar-refractivity contribution is -0.122. The molecule has 15 heavy (non-hydrogen) atoms. The average molecular weight is 211 g/mol. The molecular formula is C11H21N3O. The molecule has 0 spiro atoms. The van der Waals surface area contributed by atoms with E-state index >= 15 is 0 Å². The maximum Gasteiger partial charge on any atom is 0.234 e. The smallest absolute Gasteiger partial charge is 0.234 e. The van der Waals surface area contributed by atoms with Gasteiger partial charge >= 0.3 is 0 Å². The monoisotopic (exact) mass is 211 g/mol. The summed E-state index contributed by atoms with van der Waals surface area (Å²) < 4.78 is 0. The quantitative estimate of drug-likeness (QED) is 0.677. The van der Waals surface area contributed by atoms with Crippen LogP contribution in [0.2, 0.25) is 0 Å². The summed E-state index contributed by atoms with van der Waals surface area (Å²) in [5.74, 6) is 0.976. The second-order valence-electron chi connectivity index (χ2n) is 4.63. The van der Waals surface area contributed by atoms with Crippen LogP contribution in [0, 0.1) is 5.92 Å². The molecule has 4 nitrogen and oxygen atoms in total. The van der Waals surface area contributed by atoms with E-state index in [1.54, 1.807) is 0 Å². The summed E-state index contributed by atoms with van der Waals surface area (Å²) in [6, 6.07) is 0. The van der Waals surface area contributed by atoms with E-state index in [-0.39, 0.29) is 5.91 Å². The zero-order valence-corrected chi connectivity index (χ0v) is 9.30. The van der Waals surface area contributed by atoms with Gasteiger partial charge in [0.25, 0.3) is 0 Å². The lowest BCUT2D eigenvalue weighted by Gasteiger charge is -2.18. The molecule has 1 saturated carbocycles. The summed E-state index contributed by atoms with van der Waals surface area (Å²) in [7, 11) is 0. The van der Waals surface area contributed by atoms with E-state index in [1.165, 1.54) is 12.8 Å². The van der Waals surface area contributed by atoms with E-state index in [0.29, 0.717) is 6.54 Å². The largest absolute Gasteiger partial charge is 0.355 e. The molecule has 4 heteroatoms. The summed E-state index contributed by atoms with van der Waals surface area (Å²) >= 11 is 0. The van der Waals surface area contributed by atoms with Crippen LogP contribution in [-0.4, -0.2) is 50.1 Å². The van der Waals surface area contributed by atoms with Gasteiger partial charge in [0.05, 0.1) is 6.54 Å². The molecule has 0 unspecified atom stereocenters. The van der Waals surface area contributed by atoms with E-state index in [2.05, 4.69) is 15.5 Å². The number of carbonyl (C=O) groups excluding carboxylic acids is 1. The Balaban J connectivity index is 1.62. The van der Waals surface area contributed by atoms with Gasteiger partial charge in [-0.2, -0.15) is 0 Å². The molecule has 0 radical (unpaired) electrons. The van der Waals surface area contributed by atoms with Gasteiger partial charge in [0.2, 0.25) is 5.91 Å². The molecule has 0 atom stereocenters. The van der Waals surface area contributed by atoms with Crippen molar-refractivity contribution < 1.29 is 4.79 Å². The predicted molar refractivity (Wildman–Crippen MR) is 59.7 cm³/mol. The van der Waals surface area contributed by atoms with E-state index in [9.17, 15) is 4.79 Å². The molecular weight excluding hydrogens is 190 g/mol. The third-order valence-corrected chi connectivity index (χ3v) is 3.08. The van der Waals surface area contributed by atoms with Crippen molar-refractivity contribution in [1.82, 2.24) is 15.5 Å². The third-order valence-electron chi connectivity index (χ3n) is 3.08. The van der Waals surface area contributed by atoms with Crippen molar-refractivity contribution >= 4 is 5.91 Å². The Labute approximate surface area is 91.4 Å². The summed E-state index contributed by atoms with van der Waals surface area (Å²) in [6.45, 7) is 5.61. The van der Waals surface area contributed by atoms with Gasteiger partial charge < -0.3 is 10.6 Å². The van der Waals surface area contributed by atoms with Gasteiger partial charge in [0.15, 0.2) is 0 Å². The highest BCUT2D eigenvalue weighted by atomic mass is 16.2. The highest BCUT2D eigenvalue weighted by Gasteiger charge is 2.22. The van der Waals surface area contributed by atoms with E-state index < -0.39 is 0 Å². The Hall–Kier alpha value is -0.610. The summed E-state index contributed by atoms with van der Waals surface area (Å²) in [5.41, 5.74) is 0. The Kier molecular flexibility index (Phi) is 3.97. The minimum Gasteiger partial charge on any atom is -0.355 e. The Morgan fingerprint density at radius 2 is 2.20 bits per heavy atom.